The van der Waals surface area contributed by atoms with E-state index in [9.17, 15) is 19.2 Å². The van der Waals surface area contributed by atoms with Crippen LogP contribution in [0.4, 0.5) is 10.5 Å². The number of pyridine rings is 1. The van der Waals surface area contributed by atoms with Crippen LogP contribution >= 0.6 is 0 Å². The Labute approximate surface area is 191 Å². The standard InChI is InChI=1S/C24H25N5O4/c1-14-4-5-15(12-25-14)19-3-2-10-28(19)24(33)26-17-6-7-18-16(11-17)13-29(23(18)32)20-8-9-21(30)27-22(20)31/h4-7,11-12,19-20H,2-3,8-10,13H2,1H3,(H,26,33)(H,27,30,31). The van der Waals surface area contributed by atoms with E-state index in [1.165, 1.54) is 4.90 Å². The molecule has 9 heteroatoms. The molecule has 4 heterocycles. The maximum Gasteiger partial charge on any atom is 0.322 e. The summed E-state index contributed by atoms with van der Waals surface area (Å²) >= 11 is 0. The molecular formula is C24H25N5O4. The van der Waals surface area contributed by atoms with Gasteiger partial charge in [0.2, 0.25) is 11.8 Å². The number of urea groups is 1. The Balaban J connectivity index is 1.29. The lowest BCUT2D eigenvalue weighted by atomic mass is 10.0. The van der Waals surface area contributed by atoms with Crippen LogP contribution < -0.4 is 10.6 Å². The van der Waals surface area contributed by atoms with Crippen LogP contribution in [0.3, 0.4) is 0 Å². The number of hydrogen-bond acceptors (Lipinski definition) is 5. The molecular weight excluding hydrogens is 422 g/mol. The Morgan fingerprint density at radius 3 is 2.73 bits per heavy atom. The number of rotatable bonds is 3. The summed E-state index contributed by atoms with van der Waals surface area (Å²) in [4.78, 5) is 57.2. The molecule has 0 aliphatic carbocycles. The molecule has 5 amide bonds. The summed E-state index contributed by atoms with van der Waals surface area (Å²) in [5.74, 6) is -0.984. The minimum atomic E-state index is -0.658. The van der Waals surface area contributed by atoms with Gasteiger partial charge in [0.15, 0.2) is 0 Å². The van der Waals surface area contributed by atoms with Crippen LogP contribution in [-0.2, 0) is 16.1 Å². The molecule has 0 radical (unpaired) electrons. The van der Waals surface area contributed by atoms with Gasteiger partial charge in [-0.2, -0.15) is 0 Å². The summed E-state index contributed by atoms with van der Waals surface area (Å²) in [5, 5.41) is 5.27. The molecule has 0 bridgehead atoms. The number of fused-ring (bicyclic) bond motifs is 1. The third-order valence-corrected chi connectivity index (χ3v) is 6.61. The first-order chi connectivity index (χ1) is 15.9. The molecule has 2 fully saturated rings. The maximum atomic E-state index is 13.0. The maximum absolute atomic E-state index is 13.0. The Hall–Kier alpha value is -3.75. The minimum absolute atomic E-state index is 0.0166. The van der Waals surface area contributed by atoms with Gasteiger partial charge in [0.05, 0.1) is 6.04 Å². The number of aromatic nitrogens is 1. The largest absolute Gasteiger partial charge is 0.322 e. The van der Waals surface area contributed by atoms with Gasteiger partial charge >= 0.3 is 6.03 Å². The Morgan fingerprint density at radius 2 is 1.97 bits per heavy atom. The van der Waals surface area contributed by atoms with Crippen LogP contribution in [0.2, 0.25) is 0 Å². The predicted octanol–water partition coefficient (Wildman–Crippen LogP) is 2.52. The molecule has 5 rings (SSSR count). The first kappa shape index (κ1) is 21.1. The van der Waals surface area contributed by atoms with Crippen molar-refractivity contribution in [3.8, 4) is 0 Å². The fourth-order valence-corrected chi connectivity index (χ4v) is 4.88. The van der Waals surface area contributed by atoms with E-state index in [4.69, 9.17) is 0 Å². The number of anilines is 1. The summed E-state index contributed by atoms with van der Waals surface area (Å²) in [6, 6.07) is 8.29. The van der Waals surface area contributed by atoms with Crippen LogP contribution in [0.1, 0.15) is 58.9 Å². The fraction of sp³-hybridized carbons (Fsp3) is 0.375. The number of piperidine rings is 1. The highest BCUT2D eigenvalue weighted by molar-refractivity contribution is 6.05. The molecule has 3 aliphatic heterocycles. The van der Waals surface area contributed by atoms with Gasteiger partial charge in [0.1, 0.15) is 6.04 Å². The summed E-state index contributed by atoms with van der Waals surface area (Å²) in [6.45, 7) is 2.87. The van der Waals surface area contributed by atoms with Crippen molar-refractivity contribution in [2.45, 2.75) is 51.2 Å². The molecule has 0 saturated carbocycles. The van der Waals surface area contributed by atoms with Crippen LogP contribution in [0.15, 0.2) is 36.5 Å². The molecule has 1 aromatic heterocycles. The number of benzene rings is 1. The van der Waals surface area contributed by atoms with Crippen molar-refractivity contribution >= 4 is 29.4 Å². The second kappa shape index (κ2) is 8.31. The summed E-state index contributed by atoms with van der Waals surface area (Å²) < 4.78 is 0. The average molecular weight is 447 g/mol. The van der Waals surface area contributed by atoms with Crippen LogP contribution in [0.5, 0.6) is 0 Å². The monoisotopic (exact) mass is 447 g/mol. The smallest absolute Gasteiger partial charge is 0.322 e. The van der Waals surface area contributed by atoms with E-state index in [-0.39, 0.29) is 36.9 Å². The molecule has 2 saturated heterocycles. The number of hydrogen-bond donors (Lipinski definition) is 2. The molecule has 3 aliphatic rings. The lowest BCUT2D eigenvalue weighted by Gasteiger charge is -2.29. The minimum Gasteiger partial charge on any atom is -0.322 e. The van der Waals surface area contributed by atoms with Crippen molar-refractivity contribution in [2.75, 3.05) is 11.9 Å². The highest BCUT2D eigenvalue weighted by Crippen LogP contribution is 2.33. The number of amides is 5. The van der Waals surface area contributed by atoms with Crippen LogP contribution in [-0.4, -0.2) is 51.1 Å². The van der Waals surface area contributed by atoms with Gasteiger partial charge in [-0.15, -0.1) is 0 Å². The molecule has 2 unspecified atom stereocenters. The lowest BCUT2D eigenvalue weighted by molar-refractivity contribution is -0.136. The van der Waals surface area contributed by atoms with Crippen molar-refractivity contribution < 1.29 is 19.2 Å². The molecule has 0 spiro atoms. The quantitative estimate of drug-likeness (QED) is 0.703. The van der Waals surface area contributed by atoms with Gasteiger partial charge in [0.25, 0.3) is 5.91 Å². The second-order valence-electron chi connectivity index (χ2n) is 8.79. The molecule has 9 nitrogen and oxygen atoms in total. The van der Waals surface area contributed by atoms with E-state index in [0.717, 1.165) is 29.7 Å². The van der Waals surface area contributed by atoms with Gasteiger partial charge in [-0.1, -0.05) is 6.07 Å². The third-order valence-electron chi connectivity index (χ3n) is 6.61. The number of carbonyl (C=O) groups is 4. The van der Waals surface area contributed by atoms with Gasteiger partial charge in [-0.25, -0.2) is 4.79 Å². The lowest BCUT2D eigenvalue weighted by Crippen LogP contribution is -2.52. The van der Waals surface area contributed by atoms with Gasteiger partial charge in [0, 0.05) is 42.7 Å². The van der Waals surface area contributed by atoms with Crippen molar-refractivity contribution in [2.24, 2.45) is 0 Å². The highest BCUT2D eigenvalue weighted by atomic mass is 16.2. The zero-order chi connectivity index (χ0) is 23.1. The van der Waals surface area contributed by atoms with Crippen molar-refractivity contribution in [1.82, 2.24) is 20.1 Å². The SMILES string of the molecule is Cc1ccc(C2CCCN2C(=O)Nc2ccc3c(c2)CN(C2CCC(=O)NC2=O)C3=O)cn1. The molecule has 1 aromatic carbocycles. The predicted molar refractivity (Wildman–Crippen MR) is 119 cm³/mol. The van der Waals surface area contributed by atoms with E-state index in [2.05, 4.69) is 15.6 Å². The fourth-order valence-electron chi connectivity index (χ4n) is 4.88. The van der Waals surface area contributed by atoms with Gasteiger partial charge < -0.3 is 15.1 Å². The average Bonchev–Trinajstić information content (AvgIpc) is 3.40. The van der Waals surface area contributed by atoms with E-state index in [1.54, 1.807) is 18.2 Å². The Morgan fingerprint density at radius 1 is 1.12 bits per heavy atom. The van der Waals surface area contributed by atoms with E-state index in [1.807, 2.05) is 30.2 Å². The third kappa shape index (κ3) is 3.94. The van der Waals surface area contributed by atoms with Crippen LogP contribution in [0, 0.1) is 6.92 Å². The van der Waals surface area contributed by atoms with E-state index >= 15 is 0 Å². The zero-order valence-corrected chi connectivity index (χ0v) is 18.3. The summed E-state index contributed by atoms with van der Waals surface area (Å²) in [6.07, 6.45) is 4.17. The van der Waals surface area contributed by atoms with Crippen LogP contribution in [0.25, 0.3) is 0 Å². The Bertz CT molecular complexity index is 1150. The number of aryl methyl sites for hydroxylation is 1. The number of likely N-dealkylation sites (tertiary alicyclic amines) is 1. The molecule has 170 valence electrons. The first-order valence-corrected chi connectivity index (χ1v) is 11.2. The van der Waals surface area contributed by atoms with Gasteiger partial charge in [-0.05, 0) is 61.6 Å². The summed E-state index contributed by atoms with van der Waals surface area (Å²) in [7, 11) is 0. The number of nitrogens with one attached hydrogen (secondary N) is 2. The molecule has 2 atom stereocenters. The number of imide groups is 1. The van der Waals surface area contributed by atoms with E-state index < -0.39 is 11.9 Å². The summed E-state index contributed by atoms with van der Waals surface area (Å²) in [5.41, 5.74) is 3.83. The number of carbonyl (C=O) groups excluding carboxylic acids is 4. The van der Waals surface area contributed by atoms with Crippen molar-refractivity contribution in [3.63, 3.8) is 0 Å². The van der Waals surface area contributed by atoms with E-state index in [0.29, 0.717) is 24.2 Å². The van der Waals surface area contributed by atoms with Crippen molar-refractivity contribution in [1.29, 1.82) is 0 Å². The number of nitrogens with zero attached hydrogens (tertiary/aromatic N) is 3. The topological polar surface area (TPSA) is 112 Å². The Kier molecular flexibility index (Phi) is 5.32. The molecule has 33 heavy (non-hydrogen) atoms. The molecule has 2 aromatic rings. The normalized spacial score (nSPS) is 22.4. The molecule has 2 N–H and O–H groups in total. The zero-order valence-electron chi connectivity index (χ0n) is 18.3. The van der Waals surface area contributed by atoms with Gasteiger partial charge in [-0.3, -0.25) is 24.7 Å². The highest BCUT2D eigenvalue weighted by Gasteiger charge is 2.39. The van der Waals surface area contributed by atoms with Crippen molar-refractivity contribution in [3.05, 3.63) is 58.9 Å². The second-order valence-corrected chi connectivity index (χ2v) is 8.79. The first-order valence-electron chi connectivity index (χ1n) is 11.2.